The fraction of sp³-hybridized carbons (Fsp3) is 0.0882. The molecule has 1 N–H and O–H groups in total. The van der Waals surface area contributed by atoms with Gasteiger partial charge in [0.15, 0.2) is 4.80 Å². The zero-order chi connectivity index (χ0) is 31.5. The number of ether oxygens (including phenoxy) is 1. The number of nitrogens with one attached hydrogen (secondary N) is 1. The van der Waals surface area contributed by atoms with Crippen molar-refractivity contribution in [2.24, 2.45) is 4.99 Å². The van der Waals surface area contributed by atoms with Crippen molar-refractivity contribution in [2.75, 3.05) is 5.32 Å². The molecule has 0 fully saturated rings. The molecule has 1 atom stereocenters. The van der Waals surface area contributed by atoms with Gasteiger partial charge in [0.2, 0.25) is 0 Å². The van der Waals surface area contributed by atoms with E-state index in [1.807, 2.05) is 36.4 Å². The predicted octanol–water partition coefficient (Wildman–Crippen LogP) is 6.01. The van der Waals surface area contributed by atoms with Gasteiger partial charge in [-0.3, -0.25) is 24.3 Å². The van der Waals surface area contributed by atoms with Gasteiger partial charge in [0.1, 0.15) is 12.4 Å². The first-order valence-corrected chi connectivity index (χ1v) is 15.1. The third-order valence-corrected chi connectivity index (χ3v) is 8.44. The van der Waals surface area contributed by atoms with Gasteiger partial charge in [-0.05, 0) is 54.5 Å². The monoisotopic (exact) mass is 636 g/mol. The number of amides is 1. The standard InChI is InChI=1S/C34H25ClN4O5S/c1-21-30(32(40)37-26-10-3-2-4-11-26)31(23-14-16-25(35)17-15-23)38-33(41)29(45-34(38)36-21)19-24-9-5-6-13-28(24)44-20-22-8-7-12-27(18-22)39(42)43/h2-19,31H,20H2,1H3,(H,37,40)/t31-/m1/s1. The van der Waals surface area contributed by atoms with E-state index in [0.29, 0.717) is 53.8 Å². The minimum atomic E-state index is -0.746. The Balaban J connectivity index is 1.40. The van der Waals surface area contributed by atoms with E-state index in [1.165, 1.54) is 23.5 Å². The van der Waals surface area contributed by atoms with Crippen molar-refractivity contribution in [1.29, 1.82) is 0 Å². The second kappa shape index (κ2) is 12.7. The number of hydrogen-bond acceptors (Lipinski definition) is 7. The number of halogens is 1. The molecule has 2 heterocycles. The highest BCUT2D eigenvalue weighted by atomic mass is 35.5. The summed E-state index contributed by atoms with van der Waals surface area (Å²) in [7, 11) is 0. The number of carbonyl (C=O) groups is 1. The largest absolute Gasteiger partial charge is 0.488 e. The Labute approximate surface area is 266 Å². The number of fused-ring (bicyclic) bond motifs is 1. The average molecular weight is 637 g/mol. The SMILES string of the molecule is CC1=C(C(=O)Nc2ccccc2)[C@@H](c2ccc(Cl)cc2)n2c(sc(=Cc3ccccc3OCc3cccc([N+](=O)[O-])c3)c2=O)=N1. The maximum Gasteiger partial charge on any atom is 0.271 e. The lowest BCUT2D eigenvalue weighted by Crippen LogP contribution is -2.40. The van der Waals surface area contributed by atoms with Crippen LogP contribution in [0.2, 0.25) is 5.02 Å². The lowest BCUT2D eigenvalue weighted by atomic mass is 9.95. The van der Waals surface area contributed by atoms with E-state index in [4.69, 9.17) is 21.3 Å². The summed E-state index contributed by atoms with van der Waals surface area (Å²) in [5.74, 6) is 0.139. The minimum absolute atomic E-state index is 0.0205. The van der Waals surface area contributed by atoms with Crippen LogP contribution in [0.3, 0.4) is 0 Å². The Morgan fingerprint density at radius 2 is 1.78 bits per heavy atom. The second-order valence-electron chi connectivity index (χ2n) is 10.2. The first-order valence-electron chi connectivity index (χ1n) is 13.9. The van der Waals surface area contributed by atoms with Crippen molar-refractivity contribution in [2.45, 2.75) is 19.6 Å². The second-order valence-corrected chi connectivity index (χ2v) is 11.7. The molecular weight excluding hydrogens is 612 g/mol. The number of non-ortho nitro benzene ring substituents is 1. The summed E-state index contributed by atoms with van der Waals surface area (Å²) in [5, 5.41) is 14.6. The number of benzene rings is 4. The fourth-order valence-corrected chi connectivity index (χ4v) is 6.25. The minimum Gasteiger partial charge on any atom is -0.488 e. The normalized spacial score (nSPS) is 14.4. The number of anilines is 1. The van der Waals surface area contributed by atoms with Gasteiger partial charge in [0.05, 0.1) is 26.8 Å². The van der Waals surface area contributed by atoms with Crippen LogP contribution in [0.1, 0.15) is 29.7 Å². The number of nitrogens with zero attached hydrogens (tertiary/aromatic N) is 3. The Morgan fingerprint density at radius 3 is 2.53 bits per heavy atom. The van der Waals surface area contributed by atoms with Crippen molar-refractivity contribution in [3.8, 4) is 5.75 Å². The lowest BCUT2D eigenvalue weighted by Gasteiger charge is -2.25. The Kier molecular flexibility index (Phi) is 8.41. The molecule has 0 bridgehead atoms. The van der Waals surface area contributed by atoms with Crippen LogP contribution in [-0.2, 0) is 11.4 Å². The number of para-hydroxylation sites is 2. The smallest absolute Gasteiger partial charge is 0.271 e. The molecule has 224 valence electrons. The molecule has 0 saturated heterocycles. The average Bonchev–Trinajstić information content (AvgIpc) is 3.34. The number of thiazole rings is 1. The third-order valence-electron chi connectivity index (χ3n) is 7.21. The van der Waals surface area contributed by atoms with Crippen LogP contribution in [0.5, 0.6) is 5.75 Å². The van der Waals surface area contributed by atoms with Crippen molar-refractivity contribution in [3.05, 3.63) is 166 Å². The summed E-state index contributed by atoms with van der Waals surface area (Å²) in [5.41, 5.74) is 3.12. The van der Waals surface area contributed by atoms with Gasteiger partial charge in [-0.15, -0.1) is 0 Å². The summed E-state index contributed by atoms with van der Waals surface area (Å²) < 4.78 is 7.98. The number of allylic oxidation sites excluding steroid dienone is 1. The van der Waals surface area contributed by atoms with Gasteiger partial charge < -0.3 is 10.1 Å². The van der Waals surface area contributed by atoms with Crippen LogP contribution in [0, 0.1) is 10.1 Å². The van der Waals surface area contributed by atoms with Crippen LogP contribution < -0.4 is 24.9 Å². The van der Waals surface area contributed by atoms with Crippen molar-refractivity contribution in [1.82, 2.24) is 4.57 Å². The summed E-state index contributed by atoms with van der Waals surface area (Å²) in [6.45, 7) is 1.86. The molecular formula is C34H25ClN4O5S. The molecule has 11 heteroatoms. The zero-order valence-electron chi connectivity index (χ0n) is 23.8. The topological polar surface area (TPSA) is 116 Å². The van der Waals surface area contributed by atoms with Gasteiger partial charge in [-0.2, -0.15) is 0 Å². The van der Waals surface area contributed by atoms with Crippen LogP contribution >= 0.6 is 22.9 Å². The molecule has 0 radical (unpaired) electrons. The molecule has 6 rings (SSSR count). The maximum atomic E-state index is 14.1. The van der Waals surface area contributed by atoms with E-state index in [0.717, 1.165) is 0 Å². The van der Waals surface area contributed by atoms with E-state index in [-0.39, 0.29) is 23.8 Å². The molecule has 1 amide bonds. The number of nitro groups is 1. The van der Waals surface area contributed by atoms with E-state index < -0.39 is 11.0 Å². The molecule has 9 nitrogen and oxygen atoms in total. The highest BCUT2D eigenvalue weighted by Crippen LogP contribution is 2.31. The molecule has 5 aromatic rings. The summed E-state index contributed by atoms with van der Waals surface area (Å²) in [4.78, 5) is 43.7. The predicted molar refractivity (Wildman–Crippen MR) is 174 cm³/mol. The Bertz CT molecular complexity index is 2140. The molecule has 0 unspecified atom stereocenters. The maximum absolute atomic E-state index is 14.1. The zero-order valence-corrected chi connectivity index (χ0v) is 25.4. The molecule has 0 saturated carbocycles. The molecule has 45 heavy (non-hydrogen) atoms. The van der Waals surface area contributed by atoms with Crippen molar-refractivity contribution >= 4 is 46.3 Å². The van der Waals surface area contributed by atoms with Crippen molar-refractivity contribution < 1.29 is 14.5 Å². The van der Waals surface area contributed by atoms with Crippen LogP contribution in [0.25, 0.3) is 6.08 Å². The van der Waals surface area contributed by atoms with Crippen molar-refractivity contribution in [3.63, 3.8) is 0 Å². The van der Waals surface area contributed by atoms with E-state index in [2.05, 4.69) is 5.32 Å². The van der Waals surface area contributed by atoms with Crippen LogP contribution in [0.4, 0.5) is 11.4 Å². The Hall–Kier alpha value is -5.32. The number of aromatic nitrogens is 1. The molecule has 1 aliphatic heterocycles. The van der Waals surface area contributed by atoms with E-state index >= 15 is 0 Å². The van der Waals surface area contributed by atoms with Crippen LogP contribution in [0.15, 0.2) is 124 Å². The summed E-state index contributed by atoms with van der Waals surface area (Å²) in [6.07, 6.45) is 1.73. The quantitative estimate of drug-likeness (QED) is 0.165. The summed E-state index contributed by atoms with van der Waals surface area (Å²) >= 11 is 7.40. The highest BCUT2D eigenvalue weighted by Gasteiger charge is 2.32. The van der Waals surface area contributed by atoms with Crippen LogP contribution in [-0.4, -0.2) is 15.4 Å². The first kappa shape index (κ1) is 29.7. The van der Waals surface area contributed by atoms with Gasteiger partial charge in [0, 0.05) is 28.4 Å². The third kappa shape index (κ3) is 6.33. The molecule has 1 aliphatic rings. The number of rotatable bonds is 8. The lowest BCUT2D eigenvalue weighted by molar-refractivity contribution is -0.384. The van der Waals surface area contributed by atoms with E-state index in [9.17, 15) is 19.7 Å². The number of hydrogen-bond donors (Lipinski definition) is 1. The fourth-order valence-electron chi connectivity index (χ4n) is 5.09. The summed E-state index contributed by atoms with van der Waals surface area (Å²) in [6, 6.07) is 28.9. The van der Waals surface area contributed by atoms with Gasteiger partial charge in [-0.1, -0.05) is 83.6 Å². The molecule has 1 aromatic heterocycles. The van der Waals surface area contributed by atoms with Gasteiger partial charge in [-0.25, -0.2) is 4.99 Å². The number of nitro benzene ring substituents is 1. The number of carbonyl (C=O) groups excluding carboxylic acids is 1. The molecule has 0 spiro atoms. The van der Waals surface area contributed by atoms with Gasteiger partial charge >= 0.3 is 0 Å². The van der Waals surface area contributed by atoms with Gasteiger partial charge in [0.25, 0.3) is 17.2 Å². The Morgan fingerprint density at radius 1 is 1.04 bits per heavy atom. The van der Waals surface area contributed by atoms with E-state index in [1.54, 1.807) is 72.2 Å². The highest BCUT2D eigenvalue weighted by molar-refractivity contribution is 7.07. The first-order chi connectivity index (χ1) is 21.8. The molecule has 0 aliphatic carbocycles. The molecule has 4 aromatic carbocycles.